The third kappa shape index (κ3) is 2.31. The summed E-state index contributed by atoms with van der Waals surface area (Å²) in [4.78, 5) is 5.53. The van der Waals surface area contributed by atoms with E-state index in [9.17, 15) is 5.11 Å². The van der Waals surface area contributed by atoms with Crippen molar-refractivity contribution >= 4 is 11.3 Å². The maximum absolute atomic E-state index is 10.4. The van der Waals surface area contributed by atoms with Crippen molar-refractivity contribution < 1.29 is 9.63 Å². The van der Waals surface area contributed by atoms with Gasteiger partial charge >= 0.3 is 0 Å². The molecule has 1 aliphatic heterocycles. The average molecular weight is 265 g/mol. The number of piperidine rings is 1. The molecule has 1 fully saturated rings. The highest BCUT2D eigenvalue weighted by atomic mass is 32.1. The van der Waals surface area contributed by atoms with Crippen LogP contribution in [-0.4, -0.2) is 28.3 Å². The van der Waals surface area contributed by atoms with Crippen LogP contribution in [0, 0.1) is 0 Å². The lowest BCUT2D eigenvalue weighted by atomic mass is 9.92. The average Bonchev–Trinajstić information content (AvgIpc) is 3.02. The van der Waals surface area contributed by atoms with Crippen LogP contribution >= 0.6 is 11.3 Å². The fraction of sp³-hybridized carbons (Fsp3) is 0.500. The molecule has 0 aromatic carbocycles. The van der Waals surface area contributed by atoms with E-state index in [1.807, 2.05) is 17.5 Å². The zero-order valence-corrected chi connectivity index (χ0v) is 10.7. The number of hydrogen-bond acceptors (Lipinski definition) is 6. The molecule has 0 aliphatic carbocycles. The topological polar surface area (TPSA) is 71.2 Å². The molecular weight excluding hydrogens is 250 g/mol. The molecular formula is C12H15N3O2S. The largest absolute Gasteiger partial charge is 0.380 e. The van der Waals surface area contributed by atoms with E-state index >= 15 is 0 Å². The first-order chi connectivity index (χ1) is 8.76. The maximum atomic E-state index is 10.4. The predicted molar refractivity (Wildman–Crippen MR) is 67.4 cm³/mol. The molecule has 0 unspecified atom stereocenters. The third-order valence-corrected chi connectivity index (χ3v) is 4.09. The molecule has 0 bridgehead atoms. The van der Waals surface area contributed by atoms with Crippen LogP contribution in [0.25, 0.3) is 0 Å². The van der Waals surface area contributed by atoms with Gasteiger partial charge in [-0.3, -0.25) is 0 Å². The number of nitrogens with zero attached hydrogens (tertiary/aromatic N) is 2. The first-order valence-corrected chi connectivity index (χ1v) is 6.93. The van der Waals surface area contributed by atoms with Gasteiger partial charge in [0, 0.05) is 11.3 Å². The molecule has 5 nitrogen and oxygen atoms in total. The van der Waals surface area contributed by atoms with Crippen LogP contribution < -0.4 is 5.32 Å². The molecule has 3 heterocycles. The Morgan fingerprint density at radius 1 is 1.44 bits per heavy atom. The monoisotopic (exact) mass is 265 g/mol. The summed E-state index contributed by atoms with van der Waals surface area (Å²) in [5, 5.41) is 19.6. The first kappa shape index (κ1) is 11.8. The lowest BCUT2D eigenvalue weighted by Gasteiger charge is -2.28. The summed E-state index contributed by atoms with van der Waals surface area (Å²) in [6.07, 6.45) is 1.90. The van der Waals surface area contributed by atoms with Gasteiger partial charge in [-0.05, 0) is 37.4 Å². The van der Waals surface area contributed by atoms with Crippen molar-refractivity contribution in [3.8, 4) is 0 Å². The summed E-state index contributed by atoms with van der Waals surface area (Å²) in [5.74, 6) is 0.995. The lowest BCUT2D eigenvalue weighted by Crippen LogP contribution is -2.39. The van der Waals surface area contributed by atoms with Gasteiger partial charge in [0.25, 0.3) is 5.89 Å². The second-order valence-corrected chi connectivity index (χ2v) is 5.59. The smallest absolute Gasteiger partial charge is 0.258 e. The normalized spacial score (nSPS) is 18.9. The molecule has 3 rings (SSSR count). The fourth-order valence-corrected chi connectivity index (χ4v) is 2.84. The van der Waals surface area contributed by atoms with Crippen LogP contribution in [0.1, 0.15) is 29.4 Å². The standard InChI is InChI=1S/C12H15N3O2S/c16-12(3-5-13-6-4-12)11-14-10(15-17-11)8-9-2-1-7-18-9/h1-2,7,13,16H,3-6,8H2. The van der Waals surface area contributed by atoms with Crippen molar-refractivity contribution in [1.82, 2.24) is 15.5 Å². The van der Waals surface area contributed by atoms with E-state index in [0.29, 0.717) is 31.0 Å². The number of nitrogens with one attached hydrogen (secondary N) is 1. The molecule has 1 aliphatic rings. The van der Waals surface area contributed by atoms with Gasteiger partial charge in [0.05, 0.1) is 0 Å². The Balaban J connectivity index is 1.76. The van der Waals surface area contributed by atoms with Crippen molar-refractivity contribution in [2.45, 2.75) is 24.9 Å². The van der Waals surface area contributed by atoms with Crippen LogP contribution in [0.5, 0.6) is 0 Å². The summed E-state index contributed by atoms with van der Waals surface area (Å²) in [5.41, 5.74) is -0.952. The van der Waals surface area contributed by atoms with Crippen molar-refractivity contribution in [2.75, 3.05) is 13.1 Å². The summed E-state index contributed by atoms with van der Waals surface area (Å²) < 4.78 is 5.22. The second-order valence-electron chi connectivity index (χ2n) is 4.55. The van der Waals surface area contributed by atoms with E-state index in [4.69, 9.17) is 4.52 Å². The summed E-state index contributed by atoms with van der Waals surface area (Å²) in [7, 11) is 0. The van der Waals surface area contributed by atoms with Gasteiger partial charge in [-0.25, -0.2) is 0 Å². The van der Waals surface area contributed by atoms with Crippen LogP contribution in [0.4, 0.5) is 0 Å². The predicted octanol–water partition coefficient (Wildman–Crippen LogP) is 1.29. The number of rotatable bonds is 3. The van der Waals surface area contributed by atoms with Crippen LogP contribution in [0.15, 0.2) is 22.0 Å². The highest BCUT2D eigenvalue weighted by Gasteiger charge is 2.36. The molecule has 0 saturated carbocycles. The first-order valence-electron chi connectivity index (χ1n) is 6.05. The van der Waals surface area contributed by atoms with Crippen molar-refractivity contribution in [1.29, 1.82) is 0 Å². The molecule has 0 radical (unpaired) electrons. The van der Waals surface area contributed by atoms with Gasteiger partial charge in [0.1, 0.15) is 5.60 Å². The Bertz CT molecular complexity index is 503. The van der Waals surface area contributed by atoms with Gasteiger partial charge in [0.15, 0.2) is 5.82 Å². The molecule has 0 atom stereocenters. The van der Waals surface area contributed by atoms with E-state index in [-0.39, 0.29) is 0 Å². The highest BCUT2D eigenvalue weighted by Crippen LogP contribution is 2.29. The number of thiophene rings is 1. The number of aliphatic hydroxyl groups is 1. The minimum atomic E-state index is -0.952. The zero-order valence-electron chi connectivity index (χ0n) is 9.93. The van der Waals surface area contributed by atoms with Gasteiger partial charge in [-0.15, -0.1) is 11.3 Å². The van der Waals surface area contributed by atoms with E-state index < -0.39 is 5.60 Å². The van der Waals surface area contributed by atoms with E-state index in [1.54, 1.807) is 11.3 Å². The van der Waals surface area contributed by atoms with Gasteiger partial charge in [0.2, 0.25) is 0 Å². The lowest BCUT2D eigenvalue weighted by molar-refractivity contribution is -0.0228. The summed E-state index contributed by atoms with van der Waals surface area (Å²) in [6, 6.07) is 4.04. The maximum Gasteiger partial charge on any atom is 0.258 e. The van der Waals surface area contributed by atoms with E-state index in [1.165, 1.54) is 4.88 Å². The zero-order chi connectivity index (χ0) is 12.4. The summed E-state index contributed by atoms with van der Waals surface area (Å²) in [6.45, 7) is 1.55. The molecule has 18 heavy (non-hydrogen) atoms. The quantitative estimate of drug-likeness (QED) is 0.875. The van der Waals surface area contributed by atoms with Crippen molar-refractivity contribution in [2.24, 2.45) is 0 Å². The molecule has 6 heteroatoms. The second kappa shape index (κ2) is 4.79. The number of aromatic nitrogens is 2. The molecule has 2 aromatic heterocycles. The SMILES string of the molecule is OC1(c2nc(Cc3cccs3)no2)CCNCC1. The molecule has 1 saturated heterocycles. The Hall–Kier alpha value is -1.24. The molecule has 0 amide bonds. The number of hydrogen-bond donors (Lipinski definition) is 2. The van der Waals surface area contributed by atoms with Crippen LogP contribution in [0.2, 0.25) is 0 Å². The Morgan fingerprint density at radius 2 is 2.28 bits per heavy atom. The van der Waals surface area contributed by atoms with Gasteiger partial charge in [-0.1, -0.05) is 11.2 Å². The molecule has 0 spiro atoms. The van der Waals surface area contributed by atoms with Gasteiger partial charge in [-0.2, -0.15) is 4.98 Å². The Morgan fingerprint density at radius 3 is 3.00 bits per heavy atom. The summed E-state index contributed by atoms with van der Waals surface area (Å²) >= 11 is 1.67. The molecule has 96 valence electrons. The minimum Gasteiger partial charge on any atom is -0.380 e. The van der Waals surface area contributed by atoms with Crippen molar-refractivity contribution in [3.05, 3.63) is 34.1 Å². The fourth-order valence-electron chi connectivity index (χ4n) is 2.14. The van der Waals surface area contributed by atoms with Gasteiger partial charge < -0.3 is 14.9 Å². The minimum absolute atomic E-state index is 0.357. The Kier molecular flexibility index (Phi) is 3.15. The van der Waals surface area contributed by atoms with Crippen LogP contribution in [0.3, 0.4) is 0 Å². The third-order valence-electron chi connectivity index (χ3n) is 3.21. The van der Waals surface area contributed by atoms with E-state index in [0.717, 1.165) is 13.1 Å². The van der Waals surface area contributed by atoms with E-state index in [2.05, 4.69) is 15.5 Å². The molecule has 2 aromatic rings. The van der Waals surface area contributed by atoms with Crippen molar-refractivity contribution in [3.63, 3.8) is 0 Å². The molecule has 2 N–H and O–H groups in total. The van der Waals surface area contributed by atoms with Crippen LogP contribution in [-0.2, 0) is 12.0 Å². The highest BCUT2D eigenvalue weighted by molar-refractivity contribution is 7.09. The Labute approximate surface area is 109 Å².